The van der Waals surface area contributed by atoms with Gasteiger partial charge in [-0.2, -0.15) is 0 Å². The Morgan fingerprint density at radius 3 is 2.87 bits per heavy atom. The highest BCUT2D eigenvalue weighted by atomic mass is 16.5. The lowest BCUT2D eigenvalue weighted by atomic mass is 10.0. The first kappa shape index (κ1) is 12.2. The van der Waals surface area contributed by atoms with Crippen molar-refractivity contribution in [2.75, 3.05) is 13.7 Å². The second-order valence-corrected chi connectivity index (χ2v) is 3.79. The van der Waals surface area contributed by atoms with Crippen LogP contribution < -0.4 is 0 Å². The highest BCUT2D eigenvalue weighted by Gasteiger charge is 2.27. The zero-order chi connectivity index (χ0) is 11.3. The van der Waals surface area contributed by atoms with Gasteiger partial charge < -0.3 is 9.55 Å². The minimum absolute atomic E-state index is 0.136. The number of hydrogen-bond donors (Lipinski definition) is 0. The number of esters is 1. The van der Waals surface area contributed by atoms with Crippen LogP contribution >= 0.6 is 0 Å². The van der Waals surface area contributed by atoms with E-state index >= 15 is 0 Å². The van der Waals surface area contributed by atoms with Crippen molar-refractivity contribution in [2.45, 2.75) is 38.1 Å². The van der Waals surface area contributed by atoms with E-state index in [9.17, 15) is 9.59 Å². The minimum Gasteiger partial charge on any atom is -0.469 e. The molecule has 1 heterocycles. The Kier molecular flexibility index (Phi) is 4.82. The number of Topliss-reactive ketones (excluding diaryl/α,β-unsaturated/α-hetero) is 1. The van der Waals surface area contributed by atoms with Gasteiger partial charge in [-0.1, -0.05) is 6.42 Å². The smallest absolute Gasteiger partial charge is 0.305 e. The topological polar surface area (TPSA) is 46.6 Å². The largest absolute Gasteiger partial charge is 0.469 e. The van der Waals surface area contributed by atoms with Crippen molar-refractivity contribution in [3.05, 3.63) is 0 Å². The minimum atomic E-state index is -0.197. The summed E-state index contributed by atoms with van der Waals surface area (Å²) in [6.45, 7) is 0.653. The summed E-state index contributed by atoms with van der Waals surface area (Å²) < 4.78 is 4.52. The number of carbonyl (C=O) groups is 2. The van der Waals surface area contributed by atoms with E-state index in [4.69, 9.17) is 7.98 Å². The van der Waals surface area contributed by atoms with Crippen LogP contribution in [0, 0.1) is 0 Å². The second kappa shape index (κ2) is 5.90. The number of ether oxygens (including phenoxy) is 1. The van der Waals surface area contributed by atoms with E-state index in [-0.39, 0.29) is 17.8 Å². The number of methoxy groups -OCH3 is 1. The van der Waals surface area contributed by atoms with E-state index in [1.807, 2.05) is 0 Å². The van der Waals surface area contributed by atoms with Crippen LogP contribution in [-0.4, -0.2) is 44.2 Å². The molecule has 2 radical (unpaired) electrons. The molecule has 1 fully saturated rings. The van der Waals surface area contributed by atoms with Crippen LogP contribution in [0.4, 0.5) is 0 Å². The van der Waals surface area contributed by atoms with Crippen LogP contribution in [0.25, 0.3) is 0 Å². The molecule has 5 heteroatoms. The molecule has 0 spiro atoms. The third-order valence-electron chi connectivity index (χ3n) is 2.72. The fraction of sp³-hybridized carbons (Fsp3) is 0.800. The first-order chi connectivity index (χ1) is 7.15. The molecule has 0 bridgehead atoms. The van der Waals surface area contributed by atoms with Gasteiger partial charge in [-0.05, 0) is 19.4 Å². The van der Waals surface area contributed by atoms with Gasteiger partial charge in [0.1, 0.15) is 5.78 Å². The predicted octanol–water partition coefficient (Wildman–Crippen LogP) is 0.447. The summed E-state index contributed by atoms with van der Waals surface area (Å²) in [5.41, 5.74) is 0. The van der Waals surface area contributed by atoms with E-state index in [1.54, 1.807) is 4.81 Å². The van der Waals surface area contributed by atoms with E-state index in [0.29, 0.717) is 19.4 Å². The number of nitrogens with zero attached hydrogens (tertiary/aromatic N) is 1. The van der Waals surface area contributed by atoms with Gasteiger partial charge in [0.05, 0.1) is 13.2 Å². The normalized spacial score (nSPS) is 21.9. The predicted molar refractivity (Wildman–Crippen MR) is 56.4 cm³/mol. The fourth-order valence-electron chi connectivity index (χ4n) is 1.78. The van der Waals surface area contributed by atoms with Gasteiger partial charge in [0.25, 0.3) is 0 Å². The summed E-state index contributed by atoms with van der Waals surface area (Å²) in [4.78, 5) is 23.8. The molecule has 0 N–H and O–H groups in total. The van der Waals surface area contributed by atoms with Gasteiger partial charge in [0.15, 0.2) is 7.98 Å². The average Bonchev–Trinajstić information content (AvgIpc) is 2.54. The highest BCUT2D eigenvalue weighted by Crippen LogP contribution is 2.17. The second-order valence-electron chi connectivity index (χ2n) is 3.79. The highest BCUT2D eigenvalue weighted by molar-refractivity contribution is 6.08. The van der Waals surface area contributed by atoms with Crippen LogP contribution in [-0.2, 0) is 14.3 Å². The van der Waals surface area contributed by atoms with Crippen molar-refractivity contribution in [1.82, 2.24) is 4.81 Å². The lowest BCUT2D eigenvalue weighted by Crippen LogP contribution is -2.30. The molecule has 0 unspecified atom stereocenters. The van der Waals surface area contributed by atoms with Crippen molar-refractivity contribution in [3.8, 4) is 0 Å². The monoisotopic (exact) mass is 209 g/mol. The number of unbranched alkanes of at least 4 members (excludes halogenated alkanes) is 1. The maximum atomic E-state index is 11.4. The molecule has 82 valence electrons. The summed E-state index contributed by atoms with van der Waals surface area (Å²) in [6, 6.07) is -0.136. The molecule has 0 aliphatic carbocycles. The quantitative estimate of drug-likeness (QED) is 0.374. The van der Waals surface area contributed by atoms with Crippen molar-refractivity contribution in [2.24, 2.45) is 0 Å². The molecule has 0 aromatic heterocycles. The summed E-state index contributed by atoms with van der Waals surface area (Å²) >= 11 is 0. The Balaban J connectivity index is 2.14. The lowest BCUT2D eigenvalue weighted by molar-refractivity contribution is -0.140. The standard InChI is InChI=1S/C10H16BNO3/c1-15-10(14)5-3-2-4-8-9(13)6-7-12(8)11/h8H,2-7H2,1H3/t8-/m0/s1. The third kappa shape index (κ3) is 3.66. The van der Waals surface area contributed by atoms with Gasteiger partial charge in [-0.25, -0.2) is 0 Å². The average molecular weight is 209 g/mol. The fourth-order valence-corrected chi connectivity index (χ4v) is 1.78. The summed E-state index contributed by atoms with van der Waals surface area (Å²) in [6.07, 6.45) is 3.30. The van der Waals surface area contributed by atoms with Crippen molar-refractivity contribution < 1.29 is 14.3 Å². The number of rotatable bonds is 5. The Labute approximate surface area is 91.4 Å². The molecular weight excluding hydrogens is 193 g/mol. The molecule has 4 nitrogen and oxygen atoms in total. The van der Waals surface area contributed by atoms with Gasteiger partial charge in [-0.15, -0.1) is 0 Å². The van der Waals surface area contributed by atoms with E-state index in [1.165, 1.54) is 7.11 Å². The van der Waals surface area contributed by atoms with Crippen LogP contribution in [0.15, 0.2) is 0 Å². The number of hydrogen-bond acceptors (Lipinski definition) is 4. The zero-order valence-corrected chi connectivity index (χ0v) is 9.07. The van der Waals surface area contributed by atoms with Gasteiger partial charge in [0.2, 0.25) is 0 Å². The summed E-state index contributed by atoms with van der Waals surface area (Å²) in [5, 5.41) is 0. The molecule has 1 rings (SSSR count). The molecule has 0 aromatic rings. The van der Waals surface area contributed by atoms with Gasteiger partial charge >= 0.3 is 5.97 Å². The molecule has 15 heavy (non-hydrogen) atoms. The Morgan fingerprint density at radius 2 is 2.33 bits per heavy atom. The van der Waals surface area contributed by atoms with E-state index < -0.39 is 0 Å². The summed E-state index contributed by atoms with van der Waals surface area (Å²) in [7, 11) is 7.04. The molecule has 1 aliphatic rings. The van der Waals surface area contributed by atoms with E-state index in [2.05, 4.69) is 4.74 Å². The lowest BCUT2D eigenvalue weighted by Gasteiger charge is -2.17. The molecule has 0 saturated carbocycles. The number of ketones is 1. The number of carbonyl (C=O) groups excluding carboxylic acids is 2. The zero-order valence-electron chi connectivity index (χ0n) is 9.07. The van der Waals surface area contributed by atoms with Gasteiger partial charge in [-0.3, -0.25) is 9.59 Å². The third-order valence-corrected chi connectivity index (χ3v) is 2.72. The van der Waals surface area contributed by atoms with Crippen molar-refractivity contribution >= 4 is 19.7 Å². The van der Waals surface area contributed by atoms with Crippen molar-refractivity contribution in [3.63, 3.8) is 0 Å². The first-order valence-corrected chi connectivity index (χ1v) is 5.26. The molecule has 0 aromatic carbocycles. The first-order valence-electron chi connectivity index (χ1n) is 5.26. The Hall–Kier alpha value is -0.835. The van der Waals surface area contributed by atoms with Crippen LogP contribution in [0.5, 0.6) is 0 Å². The Morgan fingerprint density at radius 1 is 1.60 bits per heavy atom. The molecular formula is C10H16BNO3. The molecule has 1 saturated heterocycles. The maximum Gasteiger partial charge on any atom is 0.305 e. The summed E-state index contributed by atoms with van der Waals surface area (Å²) in [5.74, 6) is 0.0212. The maximum absolute atomic E-state index is 11.4. The van der Waals surface area contributed by atoms with Gasteiger partial charge in [0, 0.05) is 12.8 Å². The van der Waals surface area contributed by atoms with Crippen LogP contribution in [0.2, 0.25) is 0 Å². The molecule has 1 aliphatic heterocycles. The van der Waals surface area contributed by atoms with E-state index in [0.717, 1.165) is 19.3 Å². The Bertz CT molecular complexity index is 245. The van der Waals surface area contributed by atoms with Crippen LogP contribution in [0.1, 0.15) is 32.1 Å². The SMILES string of the molecule is [B]N1CCC(=O)[C@@H]1CCCCC(=O)OC. The molecule has 1 atom stereocenters. The van der Waals surface area contributed by atoms with Crippen LogP contribution in [0.3, 0.4) is 0 Å². The van der Waals surface area contributed by atoms with Crippen molar-refractivity contribution in [1.29, 1.82) is 0 Å². The molecule has 0 amide bonds.